The summed E-state index contributed by atoms with van der Waals surface area (Å²) in [5.74, 6) is 0. The average Bonchev–Trinajstić information content (AvgIpc) is 2.44. The van der Waals surface area contributed by atoms with Gasteiger partial charge in [-0.25, -0.2) is 0 Å². The molecule has 0 fully saturated rings. The molecule has 0 heterocycles. The second-order valence-corrected chi connectivity index (χ2v) is 5.18. The molecule has 0 aliphatic heterocycles. The van der Waals surface area contributed by atoms with E-state index in [2.05, 4.69) is 5.32 Å². The number of hydrogen-bond acceptors (Lipinski definition) is 1. The predicted molar refractivity (Wildman–Crippen MR) is 79.6 cm³/mol. The molecule has 0 amide bonds. The summed E-state index contributed by atoms with van der Waals surface area (Å²) in [6, 6.07) is 13.0. The van der Waals surface area contributed by atoms with E-state index in [-0.39, 0.29) is 11.1 Å². The Morgan fingerprint density at radius 2 is 1.76 bits per heavy atom. The first-order valence-corrected chi connectivity index (χ1v) is 6.97. The summed E-state index contributed by atoms with van der Waals surface area (Å²) in [5, 5.41) is 3.18. The van der Waals surface area contributed by atoms with Gasteiger partial charge in [-0.2, -0.15) is 13.2 Å². The molecule has 0 radical (unpaired) electrons. The van der Waals surface area contributed by atoms with Crippen LogP contribution >= 0.6 is 11.6 Å². The molecule has 1 nitrogen and oxygen atoms in total. The van der Waals surface area contributed by atoms with Crippen LogP contribution in [-0.2, 0) is 6.18 Å². The Bertz CT molecular complexity index is 596. The van der Waals surface area contributed by atoms with Gasteiger partial charge in [0.05, 0.1) is 11.6 Å². The lowest BCUT2D eigenvalue weighted by molar-refractivity contribution is -0.137. The first-order valence-electron chi connectivity index (χ1n) is 6.59. The maximum Gasteiger partial charge on any atom is 0.416 e. The summed E-state index contributed by atoms with van der Waals surface area (Å²) in [5.41, 5.74) is 0.638. The molecule has 0 saturated heterocycles. The molecule has 2 aromatic rings. The van der Waals surface area contributed by atoms with Crippen LogP contribution in [0.4, 0.5) is 18.9 Å². The first kappa shape index (κ1) is 15.7. The van der Waals surface area contributed by atoms with Crippen LogP contribution < -0.4 is 5.32 Å². The molecule has 5 heteroatoms. The minimum atomic E-state index is -4.41. The zero-order chi connectivity index (χ0) is 15.5. The maximum absolute atomic E-state index is 12.8. The fourth-order valence-electron chi connectivity index (χ4n) is 2.14. The summed E-state index contributed by atoms with van der Waals surface area (Å²) in [6.07, 6.45) is -3.66. The highest BCUT2D eigenvalue weighted by Crippen LogP contribution is 2.34. The van der Waals surface area contributed by atoms with Gasteiger partial charge in [-0.15, -0.1) is 0 Å². The van der Waals surface area contributed by atoms with Crippen LogP contribution in [0.1, 0.15) is 30.5 Å². The lowest BCUT2D eigenvalue weighted by Crippen LogP contribution is -2.11. The fourth-order valence-corrected chi connectivity index (χ4v) is 2.38. The summed E-state index contributed by atoms with van der Waals surface area (Å²) in [7, 11) is 0. The van der Waals surface area contributed by atoms with Crippen LogP contribution in [0.3, 0.4) is 0 Å². The Morgan fingerprint density at radius 3 is 2.33 bits per heavy atom. The Hall–Kier alpha value is -1.68. The number of nitrogens with one attached hydrogen (secondary N) is 1. The summed E-state index contributed by atoms with van der Waals surface area (Å²) in [6.45, 7) is 1.97. The highest BCUT2D eigenvalue weighted by Gasteiger charge is 2.31. The number of rotatable bonds is 4. The van der Waals surface area contributed by atoms with E-state index in [0.717, 1.165) is 24.1 Å². The molecule has 1 unspecified atom stereocenters. The van der Waals surface area contributed by atoms with E-state index in [0.29, 0.717) is 5.69 Å². The Kier molecular flexibility index (Phi) is 4.78. The summed E-state index contributed by atoms with van der Waals surface area (Å²) < 4.78 is 38.4. The van der Waals surface area contributed by atoms with Crippen molar-refractivity contribution in [3.8, 4) is 0 Å². The number of halogens is 4. The van der Waals surface area contributed by atoms with Gasteiger partial charge in [-0.05, 0) is 30.2 Å². The molecule has 0 aliphatic carbocycles. The minimum absolute atomic E-state index is 0.0641. The largest absolute Gasteiger partial charge is 0.416 e. The Balaban J connectivity index is 2.28. The van der Waals surface area contributed by atoms with Crippen LogP contribution in [0.5, 0.6) is 0 Å². The monoisotopic (exact) mass is 313 g/mol. The lowest BCUT2D eigenvalue weighted by Gasteiger charge is -2.20. The predicted octanol–water partition coefficient (Wildman–Crippen LogP) is 5.92. The van der Waals surface area contributed by atoms with E-state index in [4.69, 9.17) is 11.6 Å². The van der Waals surface area contributed by atoms with Crippen LogP contribution in [-0.4, -0.2) is 0 Å². The van der Waals surface area contributed by atoms with Crippen molar-refractivity contribution in [2.75, 3.05) is 5.32 Å². The third-order valence-corrected chi connectivity index (χ3v) is 3.39. The number of anilines is 1. The third-order valence-electron chi connectivity index (χ3n) is 3.18. The molecular weight excluding hydrogens is 299 g/mol. The zero-order valence-electron chi connectivity index (χ0n) is 11.4. The van der Waals surface area contributed by atoms with Crippen molar-refractivity contribution in [2.45, 2.75) is 25.6 Å². The van der Waals surface area contributed by atoms with Crippen molar-refractivity contribution < 1.29 is 13.2 Å². The maximum atomic E-state index is 12.8. The van der Waals surface area contributed by atoms with Crippen molar-refractivity contribution in [3.63, 3.8) is 0 Å². The van der Waals surface area contributed by atoms with Crippen LogP contribution in [0.15, 0.2) is 48.5 Å². The van der Waals surface area contributed by atoms with Gasteiger partial charge >= 0.3 is 6.18 Å². The topological polar surface area (TPSA) is 12.0 Å². The molecule has 2 rings (SSSR count). The Labute approximate surface area is 126 Å². The van der Waals surface area contributed by atoms with Gasteiger partial charge in [0, 0.05) is 10.7 Å². The molecule has 1 N–H and O–H groups in total. The van der Waals surface area contributed by atoms with Crippen LogP contribution in [0.25, 0.3) is 0 Å². The lowest BCUT2D eigenvalue weighted by atomic mass is 10.0. The highest BCUT2D eigenvalue weighted by molar-refractivity contribution is 6.30. The summed E-state index contributed by atoms with van der Waals surface area (Å²) >= 11 is 5.79. The van der Waals surface area contributed by atoms with Gasteiger partial charge in [0.25, 0.3) is 0 Å². The van der Waals surface area contributed by atoms with Gasteiger partial charge in [0.1, 0.15) is 0 Å². The molecule has 0 bridgehead atoms. The molecule has 1 atom stereocenters. The molecular formula is C16H15ClF3N. The highest BCUT2D eigenvalue weighted by atomic mass is 35.5. The van der Waals surface area contributed by atoms with Gasteiger partial charge in [0.2, 0.25) is 0 Å². The van der Waals surface area contributed by atoms with Crippen molar-refractivity contribution >= 4 is 17.3 Å². The number of alkyl halides is 3. The van der Waals surface area contributed by atoms with E-state index in [1.165, 1.54) is 6.07 Å². The SMILES string of the molecule is CCC(Nc1cc(Cl)cc(C(F)(F)F)c1)c1ccccc1. The molecule has 112 valence electrons. The molecule has 2 aromatic carbocycles. The van der Waals surface area contributed by atoms with E-state index in [1.807, 2.05) is 37.3 Å². The molecule has 21 heavy (non-hydrogen) atoms. The second-order valence-electron chi connectivity index (χ2n) is 4.74. The second kappa shape index (κ2) is 6.39. The van der Waals surface area contributed by atoms with Gasteiger partial charge in [-0.1, -0.05) is 48.9 Å². The van der Waals surface area contributed by atoms with Crippen molar-refractivity contribution in [3.05, 3.63) is 64.7 Å². The summed E-state index contributed by atoms with van der Waals surface area (Å²) in [4.78, 5) is 0. The first-order chi connectivity index (χ1) is 9.90. The van der Waals surface area contributed by atoms with Crippen molar-refractivity contribution in [2.24, 2.45) is 0 Å². The van der Waals surface area contributed by atoms with Gasteiger partial charge < -0.3 is 5.32 Å². The zero-order valence-corrected chi connectivity index (χ0v) is 12.2. The van der Waals surface area contributed by atoms with E-state index in [9.17, 15) is 13.2 Å². The molecule has 0 aliphatic rings. The normalized spacial score (nSPS) is 13.0. The van der Waals surface area contributed by atoms with E-state index < -0.39 is 11.7 Å². The quantitative estimate of drug-likeness (QED) is 0.738. The van der Waals surface area contributed by atoms with Gasteiger partial charge in [-0.3, -0.25) is 0 Å². The minimum Gasteiger partial charge on any atom is -0.378 e. The average molecular weight is 314 g/mol. The van der Waals surface area contributed by atoms with E-state index in [1.54, 1.807) is 0 Å². The number of hydrogen-bond donors (Lipinski definition) is 1. The van der Waals surface area contributed by atoms with Gasteiger partial charge in [0.15, 0.2) is 0 Å². The Morgan fingerprint density at radius 1 is 1.10 bits per heavy atom. The van der Waals surface area contributed by atoms with Crippen LogP contribution in [0.2, 0.25) is 5.02 Å². The van der Waals surface area contributed by atoms with E-state index >= 15 is 0 Å². The number of benzene rings is 2. The smallest absolute Gasteiger partial charge is 0.378 e. The molecule has 0 saturated carbocycles. The van der Waals surface area contributed by atoms with Crippen LogP contribution in [0, 0.1) is 0 Å². The standard InChI is InChI=1S/C16H15ClF3N/c1-2-15(11-6-4-3-5-7-11)21-14-9-12(16(18,19)20)8-13(17)10-14/h3-10,15,21H,2H2,1H3. The third kappa shape index (κ3) is 4.14. The molecule has 0 spiro atoms. The molecule has 0 aromatic heterocycles. The van der Waals surface area contributed by atoms with Crippen molar-refractivity contribution in [1.82, 2.24) is 0 Å². The van der Waals surface area contributed by atoms with Crippen molar-refractivity contribution in [1.29, 1.82) is 0 Å². The fraction of sp³-hybridized carbons (Fsp3) is 0.250.